The maximum Gasteiger partial charge on any atom is 0.185 e. The highest BCUT2D eigenvalue weighted by Gasteiger charge is 2.58. The molecule has 2 aliphatic rings. The smallest absolute Gasteiger partial charge is 0.185 e. The van der Waals surface area contributed by atoms with E-state index in [-0.39, 0.29) is 5.78 Å². The quantitative estimate of drug-likeness (QED) is 0.778. The first-order valence-electron chi connectivity index (χ1n) is 8.57. The monoisotopic (exact) mass is 346 g/mol. The van der Waals surface area contributed by atoms with Gasteiger partial charge in [-0.1, -0.05) is 30.3 Å². The average molecular weight is 346 g/mol. The minimum Gasteiger partial charge on any atom is -0.492 e. The van der Waals surface area contributed by atoms with Crippen LogP contribution in [0.15, 0.2) is 36.1 Å². The number of hydrogen-bond donors (Lipinski definition) is 0. The molecule has 1 heterocycles. The van der Waals surface area contributed by atoms with Gasteiger partial charge in [0.05, 0.1) is 6.61 Å². The fourth-order valence-corrected chi connectivity index (χ4v) is 4.82. The molecule has 5 heteroatoms. The van der Waals surface area contributed by atoms with Gasteiger partial charge in [-0.05, 0) is 44.1 Å². The first kappa shape index (κ1) is 17.4. The van der Waals surface area contributed by atoms with Crippen molar-refractivity contribution in [1.82, 2.24) is 0 Å². The van der Waals surface area contributed by atoms with Crippen LogP contribution in [0.1, 0.15) is 25.3 Å². The summed E-state index contributed by atoms with van der Waals surface area (Å²) in [5.41, 5.74) is 1.23. The number of allylic oxidation sites excluding steroid dienone is 1. The topological polar surface area (TPSA) is 44.8 Å². The number of benzene rings is 1. The third-order valence-corrected chi connectivity index (χ3v) is 5.52. The van der Waals surface area contributed by atoms with Crippen LogP contribution < -0.4 is 0 Å². The summed E-state index contributed by atoms with van der Waals surface area (Å²) in [5, 5.41) is 0. The van der Waals surface area contributed by atoms with Gasteiger partial charge >= 0.3 is 0 Å². The summed E-state index contributed by atoms with van der Waals surface area (Å²) >= 11 is 0. The molecule has 1 aliphatic carbocycles. The largest absolute Gasteiger partial charge is 0.492 e. The van der Waals surface area contributed by atoms with Crippen molar-refractivity contribution >= 4 is 19.7 Å². The third kappa shape index (κ3) is 3.21. The minimum absolute atomic E-state index is 0.138. The fourth-order valence-electron chi connectivity index (χ4n) is 3.41. The van der Waals surface area contributed by atoms with Crippen molar-refractivity contribution in [1.29, 1.82) is 0 Å². The van der Waals surface area contributed by atoms with Crippen LogP contribution >= 0.6 is 0 Å². The molecule has 2 fully saturated rings. The summed E-state index contributed by atoms with van der Waals surface area (Å²) in [4.78, 5) is 12.6. The first-order valence-corrected chi connectivity index (χ1v) is 12.0. The van der Waals surface area contributed by atoms with E-state index in [1.54, 1.807) is 0 Å². The summed E-state index contributed by atoms with van der Waals surface area (Å²) in [6.07, 6.45) is 0.817. The lowest BCUT2D eigenvalue weighted by atomic mass is 9.73. The summed E-state index contributed by atoms with van der Waals surface area (Å²) in [6.45, 7) is 9.34. The van der Waals surface area contributed by atoms with Gasteiger partial charge in [-0.2, -0.15) is 0 Å². The predicted molar refractivity (Wildman–Crippen MR) is 96.1 cm³/mol. The van der Waals surface area contributed by atoms with Crippen LogP contribution in [0.2, 0.25) is 19.6 Å². The number of hydrogen-bond acceptors (Lipinski definition) is 4. The Kier molecular flexibility index (Phi) is 4.68. The van der Waals surface area contributed by atoms with E-state index in [2.05, 4.69) is 19.6 Å². The molecule has 24 heavy (non-hydrogen) atoms. The standard InChI is InChI=1S/C19H26O4Si/c1-14(15-8-6-5-7-9-15)17-18(22-13-12-21-17)19(11-10-16(19)20)23-24(2,3)4/h5-9,18H,10-13H2,1-4H3/b17-14-. The molecule has 0 spiro atoms. The number of Topliss-reactive ketones (excluding diaryl/α,β-unsaturated/α-hetero) is 1. The second-order valence-electron chi connectivity index (χ2n) is 7.48. The van der Waals surface area contributed by atoms with Crippen molar-refractivity contribution in [2.75, 3.05) is 13.2 Å². The average Bonchev–Trinajstić information content (AvgIpc) is 2.57. The second kappa shape index (κ2) is 6.46. The van der Waals surface area contributed by atoms with Crippen LogP contribution in [-0.4, -0.2) is 39.0 Å². The normalized spacial score (nSPS) is 29.7. The van der Waals surface area contributed by atoms with Gasteiger partial charge < -0.3 is 13.9 Å². The first-order chi connectivity index (χ1) is 11.3. The van der Waals surface area contributed by atoms with Gasteiger partial charge in [0.2, 0.25) is 0 Å². The zero-order valence-electron chi connectivity index (χ0n) is 14.9. The highest BCUT2D eigenvalue weighted by molar-refractivity contribution is 6.70. The fraction of sp³-hybridized carbons (Fsp3) is 0.526. The van der Waals surface area contributed by atoms with Crippen LogP contribution in [0.25, 0.3) is 5.57 Å². The molecule has 3 rings (SSSR count). The summed E-state index contributed by atoms with van der Waals surface area (Å²) in [6, 6.07) is 10.1. The molecule has 0 aromatic heterocycles. The van der Waals surface area contributed by atoms with Gasteiger partial charge in [0.25, 0.3) is 0 Å². The molecule has 1 aromatic rings. The molecule has 1 aromatic carbocycles. The van der Waals surface area contributed by atoms with E-state index in [0.717, 1.165) is 16.9 Å². The van der Waals surface area contributed by atoms with E-state index >= 15 is 0 Å². The molecule has 0 bridgehead atoms. The molecule has 130 valence electrons. The Labute approximate surface area is 144 Å². The van der Waals surface area contributed by atoms with Crippen molar-refractivity contribution in [2.24, 2.45) is 0 Å². The van der Waals surface area contributed by atoms with E-state index < -0.39 is 20.0 Å². The Balaban J connectivity index is 2.01. The van der Waals surface area contributed by atoms with Crippen molar-refractivity contribution in [2.45, 2.75) is 51.1 Å². The zero-order valence-corrected chi connectivity index (χ0v) is 15.9. The number of carbonyl (C=O) groups excluding carboxylic acids is 1. The maximum absolute atomic E-state index is 12.6. The van der Waals surface area contributed by atoms with Crippen molar-refractivity contribution in [3.63, 3.8) is 0 Å². The highest BCUT2D eigenvalue weighted by Crippen LogP contribution is 2.44. The summed E-state index contributed by atoms with van der Waals surface area (Å²) < 4.78 is 18.4. The lowest BCUT2D eigenvalue weighted by Gasteiger charge is -2.50. The number of carbonyl (C=O) groups is 1. The van der Waals surface area contributed by atoms with E-state index in [4.69, 9.17) is 13.9 Å². The van der Waals surface area contributed by atoms with Gasteiger partial charge in [-0.15, -0.1) is 0 Å². The van der Waals surface area contributed by atoms with Crippen LogP contribution in [0.3, 0.4) is 0 Å². The Morgan fingerprint density at radius 2 is 1.92 bits per heavy atom. The Hall–Kier alpha value is -1.43. The molecule has 2 atom stereocenters. The number of ether oxygens (including phenoxy) is 2. The van der Waals surface area contributed by atoms with Crippen LogP contribution in [0, 0.1) is 0 Å². The molecular formula is C19H26O4Si. The van der Waals surface area contributed by atoms with Crippen LogP contribution in [-0.2, 0) is 18.7 Å². The lowest BCUT2D eigenvalue weighted by molar-refractivity contribution is -0.179. The van der Waals surface area contributed by atoms with Crippen molar-refractivity contribution < 1.29 is 18.7 Å². The third-order valence-electron chi connectivity index (χ3n) is 4.55. The summed E-state index contributed by atoms with van der Waals surface area (Å²) in [5.74, 6) is 0.887. The Morgan fingerprint density at radius 3 is 2.46 bits per heavy atom. The molecule has 1 aliphatic heterocycles. The Morgan fingerprint density at radius 1 is 1.21 bits per heavy atom. The predicted octanol–water partition coefficient (Wildman–Crippen LogP) is 3.79. The molecule has 4 nitrogen and oxygen atoms in total. The van der Waals surface area contributed by atoms with E-state index in [9.17, 15) is 4.79 Å². The SMILES string of the molecule is C/C(=C1/OCCOC1C1(O[Si](C)(C)C)CCC1=O)c1ccccc1. The van der Waals surface area contributed by atoms with Crippen LogP contribution in [0.5, 0.6) is 0 Å². The van der Waals surface area contributed by atoms with Gasteiger partial charge in [-0.3, -0.25) is 4.79 Å². The van der Waals surface area contributed by atoms with E-state index in [0.29, 0.717) is 26.1 Å². The van der Waals surface area contributed by atoms with E-state index in [1.807, 2.05) is 37.3 Å². The molecule has 2 unspecified atom stereocenters. The molecule has 1 saturated carbocycles. The minimum atomic E-state index is -1.91. The van der Waals surface area contributed by atoms with E-state index in [1.165, 1.54) is 0 Å². The molecule has 0 N–H and O–H groups in total. The molecule has 0 radical (unpaired) electrons. The second-order valence-corrected chi connectivity index (χ2v) is 11.9. The van der Waals surface area contributed by atoms with Gasteiger partial charge in [-0.25, -0.2) is 0 Å². The van der Waals surface area contributed by atoms with Gasteiger partial charge in [0, 0.05) is 6.42 Å². The van der Waals surface area contributed by atoms with Crippen molar-refractivity contribution in [3.8, 4) is 0 Å². The maximum atomic E-state index is 12.6. The lowest BCUT2D eigenvalue weighted by Crippen LogP contribution is -2.64. The number of rotatable bonds is 4. The zero-order chi connectivity index (χ0) is 17.4. The molecular weight excluding hydrogens is 320 g/mol. The number of ketones is 1. The molecule has 1 saturated heterocycles. The summed E-state index contributed by atoms with van der Waals surface area (Å²) in [7, 11) is -1.91. The van der Waals surface area contributed by atoms with Crippen molar-refractivity contribution in [3.05, 3.63) is 41.7 Å². The Bertz CT molecular complexity index is 647. The molecule has 0 amide bonds. The van der Waals surface area contributed by atoms with Gasteiger partial charge in [0.1, 0.15) is 24.1 Å². The van der Waals surface area contributed by atoms with Crippen LogP contribution in [0.4, 0.5) is 0 Å². The highest BCUT2D eigenvalue weighted by atomic mass is 28.4. The van der Waals surface area contributed by atoms with Gasteiger partial charge in [0.15, 0.2) is 14.1 Å².